The molecular formula is C23H27N3O2. The van der Waals surface area contributed by atoms with E-state index in [1.54, 1.807) is 20.2 Å². The topological polar surface area (TPSA) is 57.0 Å². The highest BCUT2D eigenvalue weighted by molar-refractivity contribution is 5.90. The fourth-order valence-electron chi connectivity index (χ4n) is 3.92. The van der Waals surface area contributed by atoms with Crippen LogP contribution < -0.4 is 10.3 Å². The number of methoxy groups -OCH3 is 1. The van der Waals surface area contributed by atoms with Gasteiger partial charge >= 0.3 is 0 Å². The van der Waals surface area contributed by atoms with Crippen LogP contribution in [0.1, 0.15) is 42.5 Å². The maximum Gasteiger partial charge on any atom is 0.272 e. The van der Waals surface area contributed by atoms with E-state index in [0.29, 0.717) is 5.69 Å². The van der Waals surface area contributed by atoms with Crippen molar-refractivity contribution in [3.8, 4) is 17.0 Å². The minimum atomic E-state index is 0.00285. The molecule has 0 saturated heterocycles. The first kappa shape index (κ1) is 18.7. The average Bonchev–Trinajstić information content (AvgIpc) is 3.50. The lowest BCUT2D eigenvalue weighted by atomic mass is 10.0. The minimum Gasteiger partial charge on any atom is -0.496 e. The van der Waals surface area contributed by atoms with Crippen molar-refractivity contribution in [3.05, 3.63) is 51.6 Å². The molecule has 28 heavy (non-hydrogen) atoms. The largest absolute Gasteiger partial charge is 0.496 e. The van der Waals surface area contributed by atoms with Crippen LogP contribution in [-0.2, 0) is 6.54 Å². The van der Waals surface area contributed by atoms with Crippen LogP contribution in [-0.4, -0.2) is 21.6 Å². The van der Waals surface area contributed by atoms with Crippen LogP contribution >= 0.6 is 0 Å². The van der Waals surface area contributed by atoms with E-state index in [9.17, 15) is 4.79 Å². The Balaban J connectivity index is 1.85. The number of ether oxygens (including phenoxy) is 1. The second-order valence-electron chi connectivity index (χ2n) is 7.90. The zero-order valence-corrected chi connectivity index (χ0v) is 17.1. The Morgan fingerprint density at radius 3 is 2.68 bits per heavy atom. The lowest BCUT2D eigenvalue weighted by Gasteiger charge is -2.15. The second kappa shape index (κ2) is 7.38. The Kier molecular flexibility index (Phi) is 4.92. The third-order valence-corrected chi connectivity index (χ3v) is 5.72. The molecular weight excluding hydrogens is 350 g/mol. The minimum absolute atomic E-state index is 0.00285. The van der Waals surface area contributed by atoms with Gasteiger partial charge in [-0.05, 0) is 68.9 Å². The molecule has 0 radical (unpaired) electrons. The lowest BCUT2D eigenvalue weighted by Crippen LogP contribution is -2.24. The zero-order chi connectivity index (χ0) is 19.8. The van der Waals surface area contributed by atoms with E-state index in [1.807, 2.05) is 23.6 Å². The van der Waals surface area contributed by atoms with Crippen molar-refractivity contribution in [2.24, 2.45) is 5.92 Å². The maximum atomic E-state index is 12.8. The van der Waals surface area contributed by atoms with Crippen LogP contribution in [0.5, 0.6) is 5.75 Å². The quantitative estimate of drug-likeness (QED) is 0.631. The molecule has 3 aromatic rings. The number of benzene rings is 1. The van der Waals surface area contributed by atoms with Crippen LogP contribution in [0.4, 0.5) is 0 Å². The van der Waals surface area contributed by atoms with Crippen molar-refractivity contribution in [1.29, 1.82) is 0 Å². The summed E-state index contributed by atoms with van der Waals surface area (Å²) in [6.07, 6.45) is 6.69. The summed E-state index contributed by atoms with van der Waals surface area (Å²) in [6.45, 7) is 6.61. The van der Waals surface area contributed by atoms with E-state index < -0.39 is 0 Å². The average molecular weight is 377 g/mol. The van der Waals surface area contributed by atoms with Gasteiger partial charge in [0.05, 0.1) is 18.3 Å². The summed E-state index contributed by atoms with van der Waals surface area (Å²) in [4.78, 5) is 22.1. The summed E-state index contributed by atoms with van der Waals surface area (Å²) >= 11 is 0. The van der Waals surface area contributed by atoms with Gasteiger partial charge in [0.2, 0.25) is 0 Å². The molecule has 1 aromatic carbocycles. The lowest BCUT2D eigenvalue weighted by molar-refractivity contribution is 0.411. The number of hydrogen-bond donors (Lipinski definition) is 0. The second-order valence-corrected chi connectivity index (χ2v) is 7.90. The van der Waals surface area contributed by atoms with Crippen molar-refractivity contribution >= 4 is 11.0 Å². The number of nitrogens with zero attached hydrogens (tertiary/aromatic N) is 3. The fraction of sp³-hybridized carbons (Fsp3) is 0.435. The molecule has 146 valence electrons. The van der Waals surface area contributed by atoms with E-state index in [1.165, 1.54) is 19.3 Å². The molecule has 2 aromatic heterocycles. The van der Waals surface area contributed by atoms with E-state index in [2.05, 4.69) is 23.0 Å². The summed E-state index contributed by atoms with van der Waals surface area (Å²) in [7, 11) is 1.68. The van der Waals surface area contributed by atoms with Gasteiger partial charge in [-0.25, -0.2) is 4.98 Å². The van der Waals surface area contributed by atoms with Gasteiger partial charge in [0, 0.05) is 18.3 Å². The van der Waals surface area contributed by atoms with Gasteiger partial charge in [-0.2, -0.15) is 0 Å². The molecule has 1 aliphatic rings. The van der Waals surface area contributed by atoms with E-state index >= 15 is 0 Å². The monoisotopic (exact) mass is 377 g/mol. The standard InChI is InChI=1S/C23H27N3O2/c1-14-13-20(28-4)15(2)12-18(14)21-22-19(9-10-24-21)26(23(27)16(3)25-22)11-5-6-17-7-8-17/h9-10,12-13,17H,5-8,11H2,1-4H3. The van der Waals surface area contributed by atoms with Gasteiger partial charge in [-0.3, -0.25) is 9.78 Å². The first-order valence-corrected chi connectivity index (χ1v) is 10.0. The molecule has 5 nitrogen and oxygen atoms in total. The van der Waals surface area contributed by atoms with Crippen LogP contribution in [0.3, 0.4) is 0 Å². The molecule has 0 bridgehead atoms. The highest BCUT2D eigenvalue weighted by Crippen LogP contribution is 2.34. The van der Waals surface area contributed by atoms with Crippen LogP contribution in [0.25, 0.3) is 22.3 Å². The Bertz CT molecular complexity index is 1100. The number of pyridine rings is 1. The predicted molar refractivity (Wildman–Crippen MR) is 112 cm³/mol. The van der Waals surface area contributed by atoms with Crippen LogP contribution in [0, 0.1) is 26.7 Å². The highest BCUT2D eigenvalue weighted by Gasteiger charge is 2.21. The summed E-state index contributed by atoms with van der Waals surface area (Å²) < 4.78 is 7.33. The van der Waals surface area contributed by atoms with Crippen molar-refractivity contribution in [1.82, 2.24) is 14.5 Å². The van der Waals surface area contributed by atoms with Gasteiger partial charge in [0.15, 0.2) is 0 Å². The molecule has 4 rings (SSSR count). The molecule has 0 unspecified atom stereocenters. The van der Waals surface area contributed by atoms with Crippen LogP contribution in [0.15, 0.2) is 29.2 Å². The van der Waals surface area contributed by atoms with E-state index in [-0.39, 0.29) is 5.56 Å². The van der Waals surface area contributed by atoms with E-state index in [0.717, 1.165) is 58.1 Å². The normalized spacial score (nSPS) is 13.9. The van der Waals surface area contributed by atoms with Crippen molar-refractivity contribution in [2.45, 2.75) is 53.0 Å². The van der Waals surface area contributed by atoms with Crippen molar-refractivity contribution in [2.75, 3.05) is 7.11 Å². The SMILES string of the molecule is COc1cc(C)c(-c2nccc3c2nc(C)c(=O)n3CCCC2CC2)cc1C. The van der Waals surface area contributed by atoms with Crippen LogP contribution in [0.2, 0.25) is 0 Å². The fourth-order valence-corrected chi connectivity index (χ4v) is 3.92. The highest BCUT2D eigenvalue weighted by atomic mass is 16.5. The molecule has 0 amide bonds. The maximum absolute atomic E-state index is 12.8. The van der Waals surface area contributed by atoms with Gasteiger partial charge in [0.25, 0.3) is 5.56 Å². The van der Waals surface area contributed by atoms with Gasteiger partial charge < -0.3 is 9.30 Å². The smallest absolute Gasteiger partial charge is 0.272 e. The van der Waals surface area contributed by atoms with Gasteiger partial charge in [0.1, 0.15) is 17.0 Å². The van der Waals surface area contributed by atoms with Crippen molar-refractivity contribution < 1.29 is 4.74 Å². The number of aromatic nitrogens is 3. The Hall–Kier alpha value is -2.69. The molecule has 1 saturated carbocycles. The summed E-state index contributed by atoms with van der Waals surface area (Å²) in [5, 5.41) is 0. The molecule has 0 atom stereocenters. The molecule has 0 aliphatic heterocycles. The molecule has 5 heteroatoms. The third-order valence-electron chi connectivity index (χ3n) is 5.72. The van der Waals surface area contributed by atoms with Crippen molar-refractivity contribution in [3.63, 3.8) is 0 Å². The van der Waals surface area contributed by atoms with Gasteiger partial charge in [-0.15, -0.1) is 0 Å². The summed E-state index contributed by atoms with van der Waals surface area (Å²) in [5.41, 5.74) is 6.16. The third kappa shape index (κ3) is 3.41. The molecule has 1 aliphatic carbocycles. The van der Waals surface area contributed by atoms with E-state index in [4.69, 9.17) is 4.74 Å². The first-order valence-electron chi connectivity index (χ1n) is 10.0. The molecule has 0 spiro atoms. The number of rotatable bonds is 6. The van der Waals surface area contributed by atoms with Gasteiger partial charge in [-0.1, -0.05) is 12.8 Å². The summed E-state index contributed by atoms with van der Waals surface area (Å²) in [5.74, 6) is 1.73. The Morgan fingerprint density at radius 1 is 1.18 bits per heavy atom. The Morgan fingerprint density at radius 2 is 1.96 bits per heavy atom. The molecule has 2 heterocycles. The molecule has 1 fully saturated rings. The number of fused-ring (bicyclic) bond motifs is 1. The number of hydrogen-bond acceptors (Lipinski definition) is 4. The Labute approximate surface area is 165 Å². The molecule has 0 N–H and O–H groups in total. The predicted octanol–water partition coefficient (Wildman–Crippen LogP) is 4.58. The zero-order valence-electron chi connectivity index (χ0n) is 17.1. The summed E-state index contributed by atoms with van der Waals surface area (Å²) in [6, 6.07) is 6.04. The number of aryl methyl sites for hydroxylation is 4. The first-order chi connectivity index (χ1) is 13.5.